The normalized spacial score (nSPS) is 11.3. The molecule has 0 atom stereocenters. The zero-order valence-electron chi connectivity index (χ0n) is 15.4. The predicted octanol–water partition coefficient (Wildman–Crippen LogP) is 4.08. The maximum absolute atomic E-state index is 13.3. The SMILES string of the molecule is C=CCn1c2cc(C)ccc2n2c(=O)c3ccccc3c(C(=O)OCC)c12. The summed E-state index contributed by atoms with van der Waals surface area (Å²) < 4.78 is 8.92. The second-order valence-electron chi connectivity index (χ2n) is 6.50. The molecule has 27 heavy (non-hydrogen) atoms. The highest BCUT2D eigenvalue weighted by atomic mass is 16.5. The van der Waals surface area contributed by atoms with Gasteiger partial charge in [-0.1, -0.05) is 30.3 Å². The highest BCUT2D eigenvalue weighted by molar-refractivity contribution is 6.11. The summed E-state index contributed by atoms with van der Waals surface area (Å²) in [4.78, 5) is 26.2. The molecule has 2 heterocycles. The van der Waals surface area contributed by atoms with Crippen molar-refractivity contribution in [3.8, 4) is 0 Å². The van der Waals surface area contributed by atoms with E-state index in [1.165, 1.54) is 0 Å². The molecule has 0 radical (unpaired) electrons. The second kappa shape index (κ2) is 6.43. The molecule has 0 amide bonds. The molecule has 5 nitrogen and oxygen atoms in total. The zero-order valence-corrected chi connectivity index (χ0v) is 15.4. The van der Waals surface area contributed by atoms with Crippen LogP contribution in [0, 0.1) is 6.92 Å². The third-order valence-corrected chi connectivity index (χ3v) is 4.77. The number of imidazole rings is 1. The molecule has 0 spiro atoms. The average Bonchev–Trinajstić information content (AvgIpc) is 2.96. The van der Waals surface area contributed by atoms with E-state index >= 15 is 0 Å². The molecule has 0 fully saturated rings. The minimum atomic E-state index is -0.434. The molecule has 0 saturated heterocycles. The van der Waals surface area contributed by atoms with E-state index in [4.69, 9.17) is 4.74 Å². The molecule has 0 aliphatic rings. The number of esters is 1. The van der Waals surface area contributed by atoms with Crippen molar-refractivity contribution in [3.63, 3.8) is 0 Å². The minimum absolute atomic E-state index is 0.148. The van der Waals surface area contributed by atoms with Gasteiger partial charge in [-0.05, 0) is 37.6 Å². The number of aryl methyl sites for hydroxylation is 1. The van der Waals surface area contributed by atoms with Crippen LogP contribution in [0.1, 0.15) is 22.8 Å². The number of fused-ring (bicyclic) bond motifs is 4. The van der Waals surface area contributed by atoms with Crippen LogP contribution >= 0.6 is 0 Å². The quantitative estimate of drug-likeness (QED) is 0.407. The van der Waals surface area contributed by atoms with Crippen LogP contribution in [0.2, 0.25) is 0 Å². The van der Waals surface area contributed by atoms with E-state index in [0.717, 1.165) is 16.6 Å². The number of rotatable bonds is 4. The van der Waals surface area contributed by atoms with Crippen molar-refractivity contribution < 1.29 is 9.53 Å². The fraction of sp³-hybridized carbons (Fsp3) is 0.182. The van der Waals surface area contributed by atoms with Crippen LogP contribution in [-0.2, 0) is 11.3 Å². The summed E-state index contributed by atoms with van der Waals surface area (Å²) in [5.74, 6) is -0.434. The number of carbonyl (C=O) groups excluding carboxylic acids is 1. The molecule has 2 aromatic heterocycles. The van der Waals surface area contributed by atoms with Crippen LogP contribution in [0.25, 0.3) is 27.5 Å². The predicted molar refractivity (Wildman–Crippen MR) is 108 cm³/mol. The number of pyridine rings is 1. The van der Waals surface area contributed by atoms with Gasteiger partial charge in [-0.25, -0.2) is 4.79 Å². The summed E-state index contributed by atoms with van der Waals surface area (Å²) in [5, 5.41) is 1.10. The highest BCUT2D eigenvalue weighted by Crippen LogP contribution is 2.28. The molecule has 2 aromatic carbocycles. The number of allylic oxidation sites excluding steroid dienone is 1. The molecule has 0 aliphatic heterocycles. The van der Waals surface area contributed by atoms with Gasteiger partial charge < -0.3 is 9.30 Å². The third-order valence-electron chi connectivity index (χ3n) is 4.77. The molecule has 4 aromatic rings. The maximum atomic E-state index is 13.3. The lowest BCUT2D eigenvalue weighted by Gasteiger charge is -2.11. The third kappa shape index (κ3) is 2.46. The number of hydrogen-bond acceptors (Lipinski definition) is 3. The van der Waals surface area contributed by atoms with Crippen LogP contribution in [0.15, 0.2) is 59.9 Å². The molecule has 0 saturated carbocycles. The van der Waals surface area contributed by atoms with Crippen LogP contribution in [-0.4, -0.2) is 21.5 Å². The van der Waals surface area contributed by atoms with Crippen molar-refractivity contribution in [2.45, 2.75) is 20.4 Å². The number of hydrogen-bond donors (Lipinski definition) is 0. The van der Waals surface area contributed by atoms with E-state index in [1.807, 2.05) is 35.8 Å². The lowest BCUT2D eigenvalue weighted by atomic mass is 10.1. The molecule has 5 heteroatoms. The van der Waals surface area contributed by atoms with Crippen molar-refractivity contribution in [2.75, 3.05) is 6.61 Å². The molecule has 0 aliphatic carbocycles. The van der Waals surface area contributed by atoms with Crippen LogP contribution < -0.4 is 5.56 Å². The van der Waals surface area contributed by atoms with Gasteiger partial charge in [0.25, 0.3) is 5.56 Å². The average molecular weight is 360 g/mol. The van der Waals surface area contributed by atoms with Crippen molar-refractivity contribution in [2.24, 2.45) is 0 Å². The Hall–Kier alpha value is -3.34. The summed E-state index contributed by atoms with van der Waals surface area (Å²) >= 11 is 0. The summed E-state index contributed by atoms with van der Waals surface area (Å²) in [6, 6.07) is 13.1. The number of aromatic nitrogens is 2. The topological polar surface area (TPSA) is 52.7 Å². The largest absolute Gasteiger partial charge is 0.462 e. The van der Waals surface area contributed by atoms with Crippen LogP contribution in [0.4, 0.5) is 0 Å². The number of benzene rings is 2. The first-order valence-corrected chi connectivity index (χ1v) is 8.92. The summed E-state index contributed by atoms with van der Waals surface area (Å²) in [6.45, 7) is 8.35. The fourth-order valence-corrected chi connectivity index (χ4v) is 3.69. The molecule has 0 bridgehead atoms. The van der Waals surface area contributed by atoms with E-state index in [0.29, 0.717) is 28.5 Å². The number of ether oxygens (including phenoxy) is 1. The van der Waals surface area contributed by atoms with Crippen molar-refractivity contribution in [1.29, 1.82) is 0 Å². The van der Waals surface area contributed by atoms with Crippen molar-refractivity contribution >= 4 is 33.4 Å². The van der Waals surface area contributed by atoms with E-state index in [1.54, 1.807) is 35.6 Å². The Balaban J connectivity index is 2.35. The number of carbonyl (C=O) groups is 1. The molecule has 4 rings (SSSR count). The Labute approximate surface area is 156 Å². The molecule has 0 N–H and O–H groups in total. The van der Waals surface area contributed by atoms with Gasteiger partial charge in [-0.15, -0.1) is 6.58 Å². The van der Waals surface area contributed by atoms with Gasteiger partial charge in [0.15, 0.2) is 0 Å². The number of nitrogens with zero attached hydrogens (tertiary/aromatic N) is 2. The van der Waals surface area contributed by atoms with Gasteiger partial charge in [-0.3, -0.25) is 9.20 Å². The minimum Gasteiger partial charge on any atom is -0.462 e. The Morgan fingerprint density at radius 2 is 1.89 bits per heavy atom. The standard InChI is InChI=1S/C22H20N2O3/c1-4-12-23-18-13-14(3)10-11-17(18)24-20(23)19(22(26)27-5-2)15-8-6-7-9-16(15)21(24)25/h4,6-11,13H,1,5,12H2,2-3H3. The fourth-order valence-electron chi connectivity index (χ4n) is 3.69. The first-order valence-electron chi connectivity index (χ1n) is 8.92. The Morgan fingerprint density at radius 1 is 1.15 bits per heavy atom. The van der Waals surface area contributed by atoms with Crippen molar-refractivity contribution in [3.05, 3.63) is 76.6 Å². The summed E-state index contributed by atoms with van der Waals surface area (Å²) in [6.07, 6.45) is 1.76. The summed E-state index contributed by atoms with van der Waals surface area (Å²) in [7, 11) is 0. The van der Waals surface area contributed by atoms with Gasteiger partial charge >= 0.3 is 5.97 Å². The first kappa shape index (κ1) is 17.1. The van der Waals surface area contributed by atoms with Crippen molar-refractivity contribution in [1.82, 2.24) is 8.97 Å². The molecular formula is C22H20N2O3. The summed E-state index contributed by atoms with van der Waals surface area (Å²) in [5.41, 5.74) is 3.52. The molecular weight excluding hydrogens is 340 g/mol. The van der Waals surface area contributed by atoms with Gasteiger partial charge in [0.1, 0.15) is 11.2 Å². The molecule has 0 unspecified atom stereocenters. The van der Waals surface area contributed by atoms with E-state index in [-0.39, 0.29) is 12.2 Å². The van der Waals surface area contributed by atoms with E-state index < -0.39 is 5.97 Å². The smallest absolute Gasteiger partial charge is 0.342 e. The maximum Gasteiger partial charge on any atom is 0.342 e. The van der Waals surface area contributed by atoms with Gasteiger partial charge in [0.05, 0.1) is 17.6 Å². The van der Waals surface area contributed by atoms with Gasteiger partial charge in [0, 0.05) is 17.3 Å². The molecule has 136 valence electrons. The first-order chi connectivity index (χ1) is 13.1. The van der Waals surface area contributed by atoms with Gasteiger partial charge in [0.2, 0.25) is 0 Å². The second-order valence-corrected chi connectivity index (χ2v) is 6.50. The Morgan fingerprint density at radius 3 is 2.59 bits per heavy atom. The zero-order chi connectivity index (χ0) is 19.1. The Bertz CT molecular complexity index is 1280. The van der Waals surface area contributed by atoms with E-state index in [9.17, 15) is 9.59 Å². The highest BCUT2D eigenvalue weighted by Gasteiger charge is 2.24. The van der Waals surface area contributed by atoms with Crippen LogP contribution in [0.5, 0.6) is 0 Å². The lowest BCUT2D eigenvalue weighted by Crippen LogP contribution is -2.19. The Kier molecular flexibility index (Phi) is 4.07. The lowest BCUT2D eigenvalue weighted by molar-refractivity contribution is 0.0530. The monoisotopic (exact) mass is 360 g/mol. The van der Waals surface area contributed by atoms with Gasteiger partial charge in [-0.2, -0.15) is 0 Å². The van der Waals surface area contributed by atoms with Crippen LogP contribution in [0.3, 0.4) is 0 Å². The van der Waals surface area contributed by atoms with E-state index in [2.05, 4.69) is 6.58 Å².